The van der Waals surface area contributed by atoms with Gasteiger partial charge in [-0.15, -0.1) is 0 Å². The van der Waals surface area contributed by atoms with Crippen molar-refractivity contribution in [3.63, 3.8) is 0 Å². The number of rotatable bonds is 3. The molecule has 20 heavy (non-hydrogen) atoms. The molecule has 1 N–H and O–H groups in total. The van der Waals surface area contributed by atoms with Crippen molar-refractivity contribution in [2.24, 2.45) is 0 Å². The second kappa shape index (κ2) is 4.93. The summed E-state index contributed by atoms with van der Waals surface area (Å²) in [6.07, 6.45) is 1.65. The molecule has 1 aliphatic heterocycles. The molecule has 0 aromatic heterocycles. The van der Waals surface area contributed by atoms with E-state index in [0.717, 1.165) is 6.42 Å². The Kier molecular flexibility index (Phi) is 3.24. The molecule has 0 bridgehead atoms. The van der Waals surface area contributed by atoms with Crippen LogP contribution in [-0.4, -0.2) is 35.3 Å². The van der Waals surface area contributed by atoms with Crippen molar-refractivity contribution >= 4 is 11.8 Å². The molecular formula is C16H20N2O2. The number of piperazine rings is 1. The summed E-state index contributed by atoms with van der Waals surface area (Å²) in [5.74, 6) is 0.397. The van der Waals surface area contributed by atoms with Gasteiger partial charge < -0.3 is 10.2 Å². The highest BCUT2D eigenvalue weighted by atomic mass is 16.2. The lowest BCUT2D eigenvalue weighted by Crippen LogP contribution is -2.63. The first kappa shape index (κ1) is 13.2. The van der Waals surface area contributed by atoms with Gasteiger partial charge >= 0.3 is 0 Å². The van der Waals surface area contributed by atoms with Crippen molar-refractivity contribution in [2.75, 3.05) is 6.54 Å². The zero-order chi connectivity index (χ0) is 14.3. The Morgan fingerprint density at radius 1 is 1.30 bits per heavy atom. The second-order valence-corrected chi connectivity index (χ2v) is 5.74. The molecular weight excluding hydrogens is 252 g/mol. The molecule has 4 nitrogen and oxygen atoms in total. The van der Waals surface area contributed by atoms with Gasteiger partial charge in [0.2, 0.25) is 11.8 Å². The topological polar surface area (TPSA) is 49.4 Å². The molecule has 4 heteroatoms. The van der Waals surface area contributed by atoms with Crippen LogP contribution < -0.4 is 5.32 Å². The van der Waals surface area contributed by atoms with Crippen molar-refractivity contribution < 1.29 is 9.59 Å². The smallest absolute Gasteiger partial charge is 0.245 e. The van der Waals surface area contributed by atoms with Gasteiger partial charge in [-0.3, -0.25) is 9.59 Å². The van der Waals surface area contributed by atoms with Gasteiger partial charge in [-0.2, -0.15) is 0 Å². The minimum absolute atomic E-state index is 0.0379. The molecule has 106 valence electrons. The predicted octanol–water partition coefficient (Wildman–Crippen LogP) is 1.45. The van der Waals surface area contributed by atoms with Crippen molar-refractivity contribution in [1.82, 2.24) is 10.2 Å². The van der Waals surface area contributed by atoms with Gasteiger partial charge in [-0.1, -0.05) is 31.2 Å². The summed E-state index contributed by atoms with van der Waals surface area (Å²) >= 11 is 0. The van der Waals surface area contributed by atoms with Crippen LogP contribution in [0.5, 0.6) is 0 Å². The van der Waals surface area contributed by atoms with Crippen molar-refractivity contribution in [3.8, 4) is 0 Å². The van der Waals surface area contributed by atoms with Gasteiger partial charge in [0.15, 0.2) is 0 Å². The first-order valence-electron chi connectivity index (χ1n) is 7.30. The Hall–Kier alpha value is -1.84. The van der Waals surface area contributed by atoms with E-state index >= 15 is 0 Å². The maximum Gasteiger partial charge on any atom is 0.245 e. The number of carbonyl (C=O) groups is 2. The summed E-state index contributed by atoms with van der Waals surface area (Å²) in [4.78, 5) is 26.1. The molecule has 2 aliphatic rings. The van der Waals surface area contributed by atoms with Crippen molar-refractivity contribution in [2.45, 2.75) is 44.7 Å². The summed E-state index contributed by atoms with van der Waals surface area (Å²) in [6, 6.07) is 7.62. The lowest BCUT2D eigenvalue weighted by Gasteiger charge is -2.41. The van der Waals surface area contributed by atoms with Crippen LogP contribution in [0.1, 0.15) is 37.3 Å². The number of nitrogens with one attached hydrogen (secondary N) is 1. The van der Waals surface area contributed by atoms with Crippen LogP contribution in [0.2, 0.25) is 0 Å². The minimum Gasteiger partial charge on any atom is -0.343 e. The van der Waals surface area contributed by atoms with Gasteiger partial charge in [0.25, 0.3) is 0 Å². The fraction of sp³-hybridized carbons (Fsp3) is 0.500. The highest BCUT2D eigenvalue weighted by molar-refractivity contribution is 5.96. The van der Waals surface area contributed by atoms with Crippen LogP contribution in [0.15, 0.2) is 24.3 Å². The SMILES string of the molecule is CCC1NC(=O)C(C)N(CC2Cc3ccccc32)C1=O. The predicted molar refractivity (Wildman–Crippen MR) is 76.3 cm³/mol. The summed E-state index contributed by atoms with van der Waals surface area (Å²) in [5.41, 5.74) is 2.69. The first-order valence-corrected chi connectivity index (χ1v) is 7.30. The van der Waals surface area contributed by atoms with Gasteiger partial charge in [-0.25, -0.2) is 0 Å². The summed E-state index contributed by atoms with van der Waals surface area (Å²) in [6.45, 7) is 4.39. The monoisotopic (exact) mass is 272 g/mol. The van der Waals surface area contributed by atoms with E-state index < -0.39 is 0 Å². The Balaban J connectivity index is 1.76. The first-order chi connectivity index (χ1) is 9.61. The summed E-state index contributed by atoms with van der Waals surface area (Å²) < 4.78 is 0. The van der Waals surface area contributed by atoms with E-state index in [1.165, 1.54) is 11.1 Å². The number of hydrogen-bond acceptors (Lipinski definition) is 2. The Labute approximate surface area is 119 Å². The molecule has 3 unspecified atom stereocenters. The van der Waals surface area contributed by atoms with E-state index in [-0.39, 0.29) is 23.9 Å². The number of benzene rings is 1. The summed E-state index contributed by atoms with van der Waals surface area (Å²) in [7, 11) is 0. The largest absolute Gasteiger partial charge is 0.343 e. The maximum atomic E-state index is 12.4. The van der Waals surface area contributed by atoms with Crippen LogP contribution >= 0.6 is 0 Å². The Bertz CT molecular complexity index is 555. The lowest BCUT2D eigenvalue weighted by molar-refractivity contribution is -0.149. The van der Waals surface area contributed by atoms with Gasteiger partial charge in [-0.05, 0) is 30.9 Å². The molecule has 0 saturated carbocycles. The van der Waals surface area contributed by atoms with E-state index in [1.807, 2.05) is 26.0 Å². The van der Waals surface area contributed by atoms with E-state index in [1.54, 1.807) is 4.90 Å². The number of nitrogens with zero attached hydrogens (tertiary/aromatic N) is 1. The van der Waals surface area contributed by atoms with Crippen LogP contribution in [0.4, 0.5) is 0 Å². The standard InChI is InChI=1S/C16H20N2O2/c1-3-14-16(20)18(10(2)15(19)17-14)9-12-8-11-6-4-5-7-13(11)12/h4-7,10,12,14H,3,8-9H2,1-2H3,(H,17,19). The number of hydrogen-bond donors (Lipinski definition) is 1. The Morgan fingerprint density at radius 3 is 2.75 bits per heavy atom. The molecule has 3 rings (SSSR count). The fourth-order valence-corrected chi connectivity index (χ4v) is 3.17. The molecule has 1 aromatic rings. The average molecular weight is 272 g/mol. The number of fused-ring (bicyclic) bond motifs is 1. The molecule has 3 atom stereocenters. The maximum absolute atomic E-state index is 12.4. The van der Waals surface area contributed by atoms with E-state index in [0.29, 0.717) is 18.9 Å². The second-order valence-electron chi connectivity index (χ2n) is 5.74. The highest BCUT2D eigenvalue weighted by Gasteiger charge is 2.39. The molecule has 1 aromatic carbocycles. The zero-order valence-electron chi connectivity index (χ0n) is 11.9. The van der Waals surface area contributed by atoms with Gasteiger partial charge in [0, 0.05) is 12.5 Å². The average Bonchev–Trinajstić information content (AvgIpc) is 2.43. The third-order valence-electron chi connectivity index (χ3n) is 4.53. The normalized spacial score (nSPS) is 28.7. The Morgan fingerprint density at radius 2 is 2.05 bits per heavy atom. The molecule has 1 saturated heterocycles. The molecule has 0 spiro atoms. The summed E-state index contributed by atoms with van der Waals surface area (Å²) in [5, 5.41) is 2.79. The zero-order valence-corrected chi connectivity index (χ0v) is 11.9. The van der Waals surface area contributed by atoms with Crippen LogP contribution in [-0.2, 0) is 16.0 Å². The lowest BCUT2D eigenvalue weighted by atomic mass is 9.77. The number of carbonyl (C=O) groups excluding carboxylic acids is 2. The van der Waals surface area contributed by atoms with Gasteiger partial charge in [0.1, 0.15) is 12.1 Å². The molecule has 1 heterocycles. The van der Waals surface area contributed by atoms with Crippen LogP contribution in [0.3, 0.4) is 0 Å². The number of amides is 2. The van der Waals surface area contributed by atoms with Crippen molar-refractivity contribution in [1.29, 1.82) is 0 Å². The van der Waals surface area contributed by atoms with Crippen molar-refractivity contribution in [3.05, 3.63) is 35.4 Å². The van der Waals surface area contributed by atoms with E-state index in [4.69, 9.17) is 0 Å². The van der Waals surface area contributed by atoms with Gasteiger partial charge in [0.05, 0.1) is 0 Å². The third-order valence-corrected chi connectivity index (χ3v) is 4.53. The van der Waals surface area contributed by atoms with Crippen LogP contribution in [0.25, 0.3) is 0 Å². The molecule has 1 aliphatic carbocycles. The van der Waals surface area contributed by atoms with E-state index in [9.17, 15) is 9.59 Å². The highest BCUT2D eigenvalue weighted by Crippen LogP contribution is 2.36. The molecule has 1 fully saturated rings. The molecule has 2 amide bonds. The third kappa shape index (κ3) is 1.99. The quantitative estimate of drug-likeness (QED) is 0.905. The fourth-order valence-electron chi connectivity index (χ4n) is 3.17. The van der Waals surface area contributed by atoms with E-state index in [2.05, 4.69) is 17.4 Å². The minimum atomic E-state index is -0.363. The van der Waals surface area contributed by atoms with Crippen LogP contribution in [0, 0.1) is 0 Å². The molecule has 0 radical (unpaired) electrons.